The number of methoxy groups -OCH3 is 2. The van der Waals surface area contributed by atoms with E-state index in [1.165, 1.54) is 0 Å². The van der Waals surface area contributed by atoms with Gasteiger partial charge in [-0.2, -0.15) is 0 Å². The number of hydrogen-bond donors (Lipinski definition) is 1. The molecule has 1 aromatic carbocycles. The van der Waals surface area contributed by atoms with Crippen molar-refractivity contribution >= 4 is 5.69 Å². The van der Waals surface area contributed by atoms with Crippen LogP contribution in [0.3, 0.4) is 0 Å². The fourth-order valence-electron chi connectivity index (χ4n) is 1.83. The fourth-order valence-corrected chi connectivity index (χ4v) is 1.83. The molecule has 0 aliphatic rings. The first-order valence-corrected chi connectivity index (χ1v) is 6.29. The highest BCUT2D eigenvalue weighted by molar-refractivity contribution is 5.48. The molecular weight excluding hydrogens is 230 g/mol. The van der Waals surface area contributed by atoms with Crippen LogP contribution in [0.25, 0.3) is 0 Å². The van der Waals surface area contributed by atoms with Crippen LogP contribution in [0.1, 0.15) is 12.8 Å². The zero-order valence-electron chi connectivity index (χ0n) is 11.3. The molecule has 0 unspecified atom stereocenters. The molecule has 102 valence electrons. The Morgan fingerprint density at radius 3 is 1.89 bits per heavy atom. The fraction of sp³-hybridized carbons (Fsp3) is 0.571. The minimum Gasteiger partial charge on any atom is -0.508 e. The Hall–Kier alpha value is -1.26. The average Bonchev–Trinajstić information content (AvgIpc) is 2.38. The largest absolute Gasteiger partial charge is 0.508 e. The standard InChI is InChI=1S/C14H23NO3/c1-17-11-3-9-15(10-4-12-18-2)13-5-7-14(16)8-6-13/h5-8,16H,3-4,9-12H2,1-2H3. The third-order valence-corrected chi connectivity index (χ3v) is 2.77. The van der Waals surface area contributed by atoms with E-state index >= 15 is 0 Å². The smallest absolute Gasteiger partial charge is 0.115 e. The van der Waals surface area contributed by atoms with Crippen LogP contribution in [-0.4, -0.2) is 45.6 Å². The van der Waals surface area contributed by atoms with Gasteiger partial charge in [-0.05, 0) is 37.1 Å². The molecule has 0 heterocycles. The summed E-state index contributed by atoms with van der Waals surface area (Å²) >= 11 is 0. The summed E-state index contributed by atoms with van der Waals surface area (Å²) in [7, 11) is 3.44. The van der Waals surface area contributed by atoms with Crippen molar-refractivity contribution in [2.75, 3.05) is 45.4 Å². The van der Waals surface area contributed by atoms with Crippen molar-refractivity contribution in [1.29, 1.82) is 0 Å². The molecule has 1 aromatic rings. The Bertz CT molecular complexity index is 303. The zero-order valence-corrected chi connectivity index (χ0v) is 11.3. The maximum Gasteiger partial charge on any atom is 0.115 e. The third kappa shape index (κ3) is 5.38. The van der Waals surface area contributed by atoms with Crippen LogP contribution in [0, 0.1) is 0 Å². The highest BCUT2D eigenvalue weighted by Crippen LogP contribution is 2.18. The quantitative estimate of drug-likeness (QED) is 0.686. The molecule has 0 atom stereocenters. The average molecular weight is 253 g/mol. The lowest BCUT2D eigenvalue weighted by atomic mass is 10.2. The van der Waals surface area contributed by atoms with E-state index in [1.807, 2.05) is 12.1 Å². The predicted octanol–water partition coefficient (Wildman–Crippen LogP) is 2.27. The maximum atomic E-state index is 9.31. The van der Waals surface area contributed by atoms with Crippen LogP contribution in [0.15, 0.2) is 24.3 Å². The zero-order chi connectivity index (χ0) is 13.2. The predicted molar refractivity (Wildman–Crippen MR) is 73.3 cm³/mol. The van der Waals surface area contributed by atoms with Crippen LogP contribution >= 0.6 is 0 Å². The van der Waals surface area contributed by atoms with Gasteiger partial charge in [-0.3, -0.25) is 0 Å². The molecule has 0 amide bonds. The molecule has 0 radical (unpaired) electrons. The third-order valence-electron chi connectivity index (χ3n) is 2.77. The van der Waals surface area contributed by atoms with E-state index in [0.717, 1.165) is 44.8 Å². The molecule has 0 saturated carbocycles. The van der Waals surface area contributed by atoms with Crippen LogP contribution in [0.4, 0.5) is 5.69 Å². The molecule has 0 bridgehead atoms. The number of nitrogens with zero attached hydrogens (tertiary/aromatic N) is 1. The summed E-state index contributed by atoms with van der Waals surface area (Å²) in [6, 6.07) is 7.31. The lowest BCUT2D eigenvalue weighted by molar-refractivity contribution is 0.191. The van der Waals surface area contributed by atoms with E-state index in [0.29, 0.717) is 5.75 Å². The minimum absolute atomic E-state index is 0.299. The summed E-state index contributed by atoms with van der Waals surface area (Å²) in [5.41, 5.74) is 1.13. The van der Waals surface area contributed by atoms with Gasteiger partial charge in [0.15, 0.2) is 0 Å². The molecule has 0 aromatic heterocycles. The number of anilines is 1. The van der Waals surface area contributed by atoms with Gasteiger partial charge in [-0.1, -0.05) is 0 Å². The van der Waals surface area contributed by atoms with Gasteiger partial charge < -0.3 is 19.5 Å². The molecule has 0 saturated heterocycles. The van der Waals surface area contributed by atoms with Crippen LogP contribution < -0.4 is 4.90 Å². The van der Waals surface area contributed by atoms with E-state index in [1.54, 1.807) is 26.4 Å². The molecule has 0 fully saturated rings. The second-order valence-corrected chi connectivity index (χ2v) is 4.20. The van der Waals surface area contributed by atoms with Gasteiger partial charge in [0.05, 0.1) is 0 Å². The lowest BCUT2D eigenvalue weighted by Crippen LogP contribution is -2.27. The molecule has 0 aliphatic carbocycles. The summed E-state index contributed by atoms with van der Waals surface area (Å²) < 4.78 is 10.2. The van der Waals surface area contributed by atoms with Crippen molar-refractivity contribution in [2.45, 2.75) is 12.8 Å². The summed E-state index contributed by atoms with van der Waals surface area (Å²) in [4.78, 5) is 2.29. The Balaban J connectivity index is 2.54. The van der Waals surface area contributed by atoms with Crippen LogP contribution in [0.5, 0.6) is 5.75 Å². The van der Waals surface area contributed by atoms with Crippen molar-refractivity contribution in [3.8, 4) is 5.75 Å². The first kappa shape index (κ1) is 14.8. The molecule has 1 N–H and O–H groups in total. The molecule has 0 aliphatic heterocycles. The van der Waals surface area contributed by atoms with E-state index < -0.39 is 0 Å². The molecule has 4 nitrogen and oxygen atoms in total. The van der Waals surface area contributed by atoms with Gasteiger partial charge in [0, 0.05) is 46.2 Å². The number of aromatic hydroxyl groups is 1. The highest BCUT2D eigenvalue weighted by Gasteiger charge is 2.06. The number of phenols is 1. The molecule has 1 rings (SSSR count). The summed E-state index contributed by atoms with van der Waals surface area (Å²) in [6.45, 7) is 3.42. The van der Waals surface area contributed by atoms with Crippen molar-refractivity contribution in [3.05, 3.63) is 24.3 Å². The first-order valence-electron chi connectivity index (χ1n) is 6.29. The van der Waals surface area contributed by atoms with Gasteiger partial charge in [0.25, 0.3) is 0 Å². The Morgan fingerprint density at radius 1 is 0.944 bits per heavy atom. The van der Waals surface area contributed by atoms with Crippen LogP contribution in [-0.2, 0) is 9.47 Å². The number of phenolic OH excluding ortho intramolecular Hbond substituents is 1. The van der Waals surface area contributed by atoms with E-state index in [2.05, 4.69) is 4.90 Å². The molecule has 0 spiro atoms. The normalized spacial score (nSPS) is 10.6. The second kappa shape index (κ2) is 8.78. The highest BCUT2D eigenvalue weighted by atomic mass is 16.5. The van der Waals surface area contributed by atoms with E-state index in [-0.39, 0.29) is 0 Å². The van der Waals surface area contributed by atoms with Crippen molar-refractivity contribution in [1.82, 2.24) is 0 Å². The summed E-state index contributed by atoms with van der Waals surface area (Å²) in [6.07, 6.45) is 1.98. The van der Waals surface area contributed by atoms with Gasteiger partial charge in [0.1, 0.15) is 5.75 Å². The monoisotopic (exact) mass is 253 g/mol. The Labute approximate surface area is 109 Å². The number of benzene rings is 1. The number of hydrogen-bond acceptors (Lipinski definition) is 4. The number of ether oxygens (including phenoxy) is 2. The maximum absolute atomic E-state index is 9.31. The Morgan fingerprint density at radius 2 is 1.44 bits per heavy atom. The summed E-state index contributed by atoms with van der Waals surface area (Å²) in [5.74, 6) is 0.299. The summed E-state index contributed by atoms with van der Waals surface area (Å²) in [5, 5.41) is 9.31. The molecule has 4 heteroatoms. The van der Waals surface area contributed by atoms with Gasteiger partial charge in [0.2, 0.25) is 0 Å². The van der Waals surface area contributed by atoms with Crippen molar-refractivity contribution in [3.63, 3.8) is 0 Å². The lowest BCUT2D eigenvalue weighted by Gasteiger charge is -2.24. The topological polar surface area (TPSA) is 41.9 Å². The number of rotatable bonds is 9. The SMILES string of the molecule is COCCCN(CCCOC)c1ccc(O)cc1. The van der Waals surface area contributed by atoms with Crippen LogP contribution in [0.2, 0.25) is 0 Å². The second-order valence-electron chi connectivity index (χ2n) is 4.20. The van der Waals surface area contributed by atoms with Gasteiger partial charge in [-0.25, -0.2) is 0 Å². The van der Waals surface area contributed by atoms with Gasteiger partial charge >= 0.3 is 0 Å². The van der Waals surface area contributed by atoms with E-state index in [4.69, 9.17) is 9.47 Å². The van der Waals surface area contributed by atoms with Crippen molar-refractivity contribution < 1.29 is 14.6 Å². The van der Waals surface area contributed by atoms with Gasteiger partial charge in [-0.15, -0.1) is 0 Å². The minimum atomic E-state index is 0.299. The molecular formula is C14H23NO3. The van der Waals surface area contributed by atoms with E-state index in [9.17, 15) is 5.11 Å². The first-order chi connectivity index (χ1) is 8.77. The molecule has 18 heavy (non-hydrogen) atoms. The Kier molecular flexibility index (Phi) is 7.22. The van der Waals surface area contributed by atoms with Crippen molar-refractivity contribution in [2.24, 2.45) is 0 Å².